The van der Waals surface area contributed by atoms with E-state index in [1.54, 1.807) is 0 Å². The Morgan fingerprint density at radius 1 is 1.18 bits per heavy atom. The summed E-state index contributed by atoms with van der Waals surface area (Å²) in [7, 11) is 0. The van der Waals surface area contributed by atoms with Crippen LogP contribution in [0.4, 0.5) is 5.69 Å². The lowest BCUT2D eigenvalue weighted by Gasteiger charge is -2.18. The van der Waals surface area contributed by atoms with Gasteiger partial charge in [-0.15, -0.1) is 0 Å². The van der Waals surface area contributed by atoms with Gasteiger partial charge in [0, 0.05) is 24.1 Å². The number of benzene rings is 2. The lowest BCUT2D eigenvalue weighted by molar-refractivity contribution is -0.384. The van der Waals surface area contributed by atoms with Crippen LogP contribution in [0, 0.1) is 10.1 Å². The number of carbonyl (C=O) groups is 1. The number of nitrogens with one attached hydrogen (secondary N) is 1. The van der Waals surface area contributed by atoms with E-state index >= 15 is 0 Å². The predicted octanol–water partition coefficient (Wildman–Crippen LogP) is 1.98. The monoisotopic (exact) mass is 298 g/mol. The molecule has 112 valence electrons. The van der Waals surface area contributed by atoms with E-state index in [-0.39, 0.29) is 11.6 Å². The molecular weight excluding hydrogens is 284 g/mol. The summed E-state index contributed by atoms with van der Waals surface area (Å²) in [5.41, 5.74) is 2.18. The maximum Gasteiger partial charge on any atom is 0.269 e. The van der Waals surface area contributed by atoms with E-state index < -0.39 is 17.1 Å². The van der Waals surface area contributed by atoms with Gasteiger partial charge in [-0.1, -0.05) is 24.3 Å². The van der Waals surface area contributed by atoms with E-state index in [4.69, 9.17) is 0 Å². The highest BCUT2D eigenvalue weighted by atomic mass is 16.6. The Balaban J connectivity index is 1.78. The summed E-state index contributed by atoms with van der Waals surface area (Å²) in [5, 5.41) is 23.5. The minimum absolute atomic E-state index is 0.0669. The molecule has 1 amide bonds. The van der Waals surface area contributed by atoms with Crippen molar-refractivity contribution >= 4 is 11.6 Å². The van der Waals surface area contributed by atoms with Crippen LogP contribution in [-0.2, 0) is 6.42 Å². The largest absolute Gasteiger partial charge is 0.390 e. The van der Waals surface area contributed by atoms with Crippen molar-refractivity contribution < 1.29 is 14.8 Å². The Morgan fingerprint density at radius 3 is 2.55 bits per heavy atom. The van der Waals surface area contributed by atoms with Crippen LogP contribution >= 0.6 is 0 Å². The van der Waals surface area contributed by atoms with E-state index in [9.17, 15) is 20.0 Å². The molecule has 0 bridgehead atoms. The number of carbonyl (C=O) groups excluding carboxylic acids is 1. The van der Waals surface area contributed by atoms with Crippen LogP contribution in [0.2, 0.25) is 0 Å². The molecule has 1 aliphatic rings. The Labute approximate surface area is 126 Å². The molecule has 0 heterocycles. The van der Waals surface area contributed by atoms with Crippen molar-refractivity contribution in [1.29, 1.82) is 0 Å². The quantitative estimate of drug-likeness (QED) is 0.669. The van der Waals surface area contributed by atoms with Crippen molar-refractivity contribution in [3.63, 3.8) is 0 Å². The van der Waals surface area contributed by atoms with Crippen LogP contribution < -0.4 is 5.32 Å². The van der Waals surface area contributed by atoms with E-state index in [0.717, 1.165) is 11.1 Å². The van der Waals surface area contributed by atoms with Crippen molar-refractivity contribution in [2.24, 2.45) is 0 Å². The van der Waals surface area contributed by atoms with Gasteiger partial charge >= 0.3 is 0 Å². The molecule has 0 aliphatic heterocycles. The Bertz CT molecular complexity index is 727. The van der Waals surface area contributed by atoms with Gasteiger partial charge in [-0.25, -0.2) is 0 Å². The van der Waals surface area contributed by atoms with Crippen molar-refractivity contribution in [2.45, 2.75) is 18.6 Å². The van der Waals surface area contributed by atoms with Crippen LogP contribution in [-0.4, -0.2) is 22.0 Å². The van der Waals surface area contributed by atoms with Gasteiger partial charge in [0.1, 0.15) is 0 Å². The molecule has 2 aromatic rings. The SMILES string of the molecule is O=C(N[C@@H]1c2ccccc2C[C@H]1O)c1ccc([N+](=O)[O-])cc1. The van der Waals surface area contributed by atoms with E-state index in [2.05, 4.69) is 5.32 Å². The van der Waals surface area contributed by atoms with Gasteiger partial charge in [-0.05, 0) is 23.3 Å². The normalized spacial score (nSPS) is 19.5. The zero-order valence-electron chi connectivity index (χ0n) is 11.6. The first kappa shape index (κ1) is 14.2. The molecule has 0 saturated carbocycles. The van der Waals surface area contributed by atoms with Gasteiger partial charge in [-0.3, -0.25) is 14.9 Å². The molecule has 2 N–H and O–H groups in total. The number of nitro groups is 1. The fourth-order valence-electron chi connectivity index (χ4n) is 2.71. The molecule has 22 heavy (non-hydrogen) atoms. The average Bonchev–Trinajstić information content (AvgIpc) is 2.83. The summed E-state index contributed by atoms with van der Waals surface area (Å²) >= 11 is 0. The van der Waals surface area contributed by atoms with Crippen LogP contribution in [0.3, 0.4) is 0 Å². The highest BCUT2D eigenvalue weighted by molar-refractivity contribution is 5.94. The third-order valence-corrected chi connectivity index (χ3v) is 3.83. The Hall–Kier alpha value is -2.73. The van der Waals surface area contributed by atoms with E-state index in [0.29, 0.717) is 12.0 Å². The van der Waals surface area contributed by atoms with Crippen molar-refractivity contribution in [1.82, 2.24) is 5.32 Å². The molecule has 6 nitrogen and oxygen atoms in total. The zero-order chi connectivity index (χ0) is 15.7. The van der Waals surface area contributed by atoms with Crippen LogP contribution in [0.1, 0.15) is 27.5 Å². The lowest BCUT2D eigenvalue weighted by Crippen LogP contribution is -2.33. The molecule has 0 spiro atoms. The number of aliphatic hydroxyl groups is 1. The molecule has 0 aromatic heterocycles. The number of nitro benzene ring substituents is 1. The third-order valence-electron chi connectivity index (χ3n) is 3.83. The molecular formula is C16H14N2O4. The molecule has 2 aromatic carbocycles. The van der Waals surface area contributed by atoms with Gasteiger partial charge in [0.2, 0.25) is 0 Å². The Morgan fingerprint density at radius 2 is 1.86 bits per heavy atom. The third kappa shape index (κ3) is 2.56. The molecule has 0 unspecified atom stereocenters. The summed E-state index contributed by atoms with van der Waals surface area (Å²) in [6.07, 6.45) is -0.166. The number of nitrogens with zero attached hydrogens (tertiary/aromatic N) is 1. The molecule has 3 rings (SSSR count). The zero-order valence-corrected chi connectivity index (χ0v) is 11.6. The number of rotatable bonds is 3. The molecule has 0 fully saturated rings. The van der Waals surface area contributed by atoms with Gasteiger partial charge in [0.15, 0.2) is 0 Å². The van der Waals surface area contributed by atoms with Crippen LogP contribution in [0.25, 0.3) is 0 Å². The second-order valence-electron chi connectivity index (χ2n) is 5.23. The first-order valence-corrected chi connectivity index (χ1v) is 6.87. The summed E-state index contributed by atoms with van der Waals surface area (Å²) < 4.78 is 0. The predicted molar refractivity (Wildman–Crippen MR) is 79.5 cm³/mol. The van der Waals surface area contributed by atoms with Gasteiger partial charge in [0.05, 0.1) is 17.1 Å². The molecule has 2 atom stereocenters. The summed E-state index contributed by atoms with van der Waals surface area (Å²) in [4.78, 5) is 22.3. The fraction of sp³-hybridized carbons (Fsp3) is 0.188. The Kier molecular flexibility index (Phi) is 3.60. The van der Waals surface area contributed by atoms with Gasteiger partial charge in [-0.2, -0.15) is 0 Å². The first-order valence-electron chi connectivity index (χ1n) is 6.87. The number of fused-ring (bicyclic) bond motifs is 1. The van der Waals surface area contributed by atoms with E-state index in [1.165, 1.54) is 24.3 Å². The topological polar surface area (TPSA) is 92.5 Å². The standard InChI is InChI=1S/C16H14N2O4/c19-14-9-11-3-1-2-4-13(11)15(14)17-16(20)10-5-7-12(8-6-10)18(21)22/h1-8,14-15,19H,9H2,(H,17,20)/t14-,15-/m1/s1. The summed E-state index contributed by atoms with van der Waals surface area (Å²) in [6, 6.07) is 12.5. The molecule has 6 heteroatoms. The van der Waals surface area contributed by atoms with E-state index in [1.807, 2.05) is 24.3 Å². The second kappa shape index (κ2) is 5.57. The summed E-state index contributed by atoms with van der Waals surface area (Å²) in [5.74, 6) is -0.365. The molecule has 1 aliphatic carbocycles. The van der Waals surface area contributed by atoms with Crippen molar-refractivity contribution in [3.05, 3.63) is 75.3 Å². The first-order chi connectivity index (χ1) is 10.6. The highest BCUT2D eigenvalue weighted by Gasteiger charge is 2.32. The van der Waals surface area contributed by atoms with Crippen molar-refractivity contribution in [2.75, 3.05) is 0 Å². The van der Waals surface area contributed by atoms with Crippen LogP contribution in [0.15, 0.2) is 48.5 Å². The minimum Gasteiger partial charge on any atom is -0.390 e. The second-order valence-corrected chi connectivity index (χ2v) is 5.23. The van der Waals surface area contributed by atoms with Gasteiger partial charge < -0.3 is 10.4 Å². The maximum atomic E-state index is 12.2. The average molecular weight is 298 g/mol. The molecule has 0 radical (unpaired) electrons. The maximum absolute atomic E-state index is 12.2. The fourth-order valence-corrected chi connectivity index (χ4v) is 2.71. The number of aliphatic hydroxyl groups excluding tert-OH is 1. The van der Waals surface area contributed by atoms with Crippen molar-refractivity contribution in [3.8, 4) is 0 Å². The lowest BCUT2D eigenvalue weighted by atomic mass is 10.1. The van der Waals surface area contributed by atoms with Crippen LogP contribution in [0.5, 0.6) is 0 Å². The molecule has 0 saturated heterocycles. The summed E-state index contributed by atoms with van der Waals surface area (Å²) in [6.45, 7) is 0. The number of hydrogen-bond donors (Lipinski definition) is 2. The minimum atomic E-state index is -0.667. The number of hydrogen-bond acceptors (Lipinski definition) is 4. The number of non-ortho nitro benzene ring substituents is 1. The van der Waals surface area contributed by atoms with Gasteiger partial charge in [0.25, 0.3) is 11.6 Å². The number of amides is 1. The highest BCUT2D eigenvalue weighted by Crippen LogP contribution is 2.31. The smallest absolute Gasteiger partial charge is 0.269 e.